The van der Waals surface area contributed by atoms with Crippen LogP contribution in [0.1, 0.15) is 204 Å². The Kier molecular flexibility index (Phi) is 24.7. The summed E-state index contributed by atoms with van der Waals surface area (Å²) in [7, 11) is 1.91. The van der Waals surface area contributed by atoms with Gasteiger partial charge in [-0.25, -0.2) is 52.2 Å². The number of aryl methyl sites for hydroxylation is 6. The van der Waals surface area contributed by atoms with Gasteiger partial charge in [0.05, 0.1) is 163 Å². The second kappa shape index (κ2) is 34.8. The first-order valence-corrected chi connectivity index (χ1v) is 44.6. The largest absolute Gasteiger partial charge is 0.496 e. The summed E-state index contributed by atoms with van der Waals surface area (Å²) in [6, 6.07) is 19.9. The molecule has 6 N–H and O–H groups in total. The number of allylic oxidation sites excluding steroid dienone is 1. The summed E-state index contributed by atoms with van der Waals surface area (Å²) in [6.45, 7) is 54.3. The van der Waals surface area contributed by atoms with Crippen molar-refractivity contribution in [3.63, 3.8) is 0 Å². The summed E-state index contributed by atoms with van der Waals surface area (Å²) in [5.74, 6) is 10.2. The van der Waals surface area contributed by atoms with Crippen molar-refractivity contribution >= 4 is 94.2 Å². The number of terminal acetylenes is 1. The molecule has 0 bridgehead atoms. The van der Waals surface area contributed by atoms with Crippen LogP contribution in [0, 0.1) is 65.2 Å². The second-order valence-corrected chi connectivity index (χ2v) is 40.8. The molecule has 12 aromatic rings. The van der Waals surface area contributed by atoms with Crippen molar-refractivity contribution in [2.45, 2.75) is 219 Å². The normalized spacial score (nSPS) is 14.8. The molecule has 0 aliphatic carbocycles. The Morgan fingerprint density at radius 2 is 1.06 bits per heavy atom. The van der Waals surface area contributed by atoms with Gasteiger partial charge in [-0.05, 0) is 121 Å². The van der Waals surface area contributed by atoms with Gasteiger partial charge in [0.25, 0.3) is 0 Å². The molecule has 0 unspecified atom stereocenters. The van der Waals surface area contributed by atoms with Gasteiger partial charge in [-0.15, -0.1) is 26.8 Å². The van der Waals surface area contributed by atoms with Crippen LogP contribution in [0.3, 0.4) is 0 Å². The molecule has 0 saturated carbocycles. The first kappa shape index (κ1) is 88.8. The number of methoxy groups -OCH3 is 2. The SMILES string of the molecule is C#CC1=NCc2cc(C(C)(C)C)nn21.C=CC1=NCc2cc(C(C)(C)C)nn21.CC(C)(C)c1cc2n(n1)C(C#N)=NC2.CC1=Nn2c(C)nnc2C1=Nc1c(C)[nH]n2c(C)nnc12.COc1cccc(OC)c1C1=NCc2cc(C(C)(C)C)nn21.Cc1cc2n(n1)C(c1ncccn1)=NC2.Cc1nn2c(c1N)CN=C2[Si](C)(C)C.Cc1nn2c(c1N)CNC2=S. The summed E-state index contributed by atoms with van der Waals surface area (Å²) < 4.78 is 27.1. The number of hydrogen-bond donors (Lipinski definition) is 4. The molecule has 125 heavy (non-hydrogen) atoms. The van der Waals surface area contributed by atoms with E-state index in [0.29, 0.717) is 79.1 Å². The first-order chi connectivity index (χ1) is 59.0. The molecule has 0 fully saturated rings. The lowest BCUT2D eigenvalue weighted by Crippen LogP contribution is -2.38. The van der Waals surface area contributed by atoms with E-state index in [1.807, 2.05) is 108 Å². The van der Waals surface area contributed by atoms with Gasteiger partial charge in [0, 0.05) is 34.1 Å². The van der Waals surface area contributed by atoms with E-state index in [0.717, 1.165) is 166 Å². The molecule has 648 valence electrons. The number of aliphatic imine (C=N–C) groups is 7. The van der Waals surface area contributed by atoms with Crippen LogP contribution >= 0.6 is 12.2 Å². The Morgan fingerprint density at radius 3 is 1.62 bits per heavy atom. The number of thiocarbonyl (C=S) groups is 1. The summed E-state index contributed by atoms with van der Waals surface area (Å²) >= 11 is 4.98. The number of H-pyrrole nitrogens is 1. The van der Waals surface area contributed by atoms with Crippen molar-refractivity contribution in [1.82, 2.24) is 118 Å². The highest BCUT2D eigenvalue weighted by atomic mass is 32.1. The zero-order valence-electron chi connectivity index (χ0n) is 75.4. The quantitative estimate of drug-likeness (QED) is 0.0654. The molecule has 8 aliphatic rings. The van der Waals surface area contributed by atoms with Crippen LogP contribution in [-0.4, -0.2) is 187 Å². The van der Waals surface area contributed by atoms with Crippen LogP contribution in [0.15, 0.2) is 120 Å². The maximum Gasteiger partial charge on any atom is 0.229 e. The fraction of sp³-hybridized carbons (Fsp3) is 0.407. The summed E-state index contributed by atoms with van der Waals surface area (Å²) in [5.41, 5.74) is 33.8. The Labute approximate surface area is 731 Å². The summed E-state index contributed by atoms with van der Waals surface area (Å²) in [5, 5.41) is 67.4. The highest BCUT2D eigenvalue weighted by Crippen LogP contribution is 2.35. The van der Waals surface area contributed by atoms with Gasteiger partial charge >= 0.3 is 0 Å². The minimum Gasteiger partial charge on any atom is -0.496 e. The lowest BCUT2D eigenvalue weighted by atomic mass is 9.92. The molecule has 39 heteroatoms. The van der Waals surface area contributed by atoms with Crippen molar-refractivity contribution in [3.05, 3.63) is 194 Å². The van der Waals surface area contributed by atoms with Crippen molar-refractivity contribution < 1.29 is 9.47 Å². The molecular formula is C86H107N35O2SSi. The fourth-order valence-corrected chi connectivity index (χ4v) is 15.3. The van der Waals surface area contributed by atoms with Gasteiger partial charge in [0.1, 0.15) is 59.7 Å². The molecule has 0 atom stereocenters. The molecule has 8 aliphatic heterocycles. The van der Waals surface area contributed by atoms with Crippen LogP contribution < -0.4 is 26.3 Å². The molecule has 1 aromatic carbocycles. The van der Waals surface area contributed by atoms with Crippen molar-refractivity contribution in [2.75, 3.05) is 25.7 Å². The van der Waals surface area contributed by atoms with E-state index in [1.165, 1.54) is 0 Å². The number of nitrogen functional groups attached to an aromatic ring is 2. The molecule has 11 aromatic heterocycles. The van der Waals surface area contributed by atoms with E-state index >= 15 is 0 Å². The average molecular weight is 1720 g/mol. The smallest absolute Gasteiger partial charge is 0.229 e. The molecule has 0 saturated heterocycles. The Balaban J connectivity index is 0.000000124. The molecule has 0 amide bonds. The zero-order valence-corrected chi connectivity index (χ0v) is 77.2. The van der Waals surface area contributed by atoms with E-state index in [1.54, 1.807) is 57.5 Å². The van der Waals surface area contributed by atoms with E-state index in [4.69, 9.17) is 54.9 Å². The van der Waals surface area contributed by atoms with Gasteiger partial charge in [-0.1, -0.05) is 115 Å². The maximum atomic E-state index is 8.78. The number of hydrogen-bond acceptors (Lipinski definition) is 27. The third-order valence-electron chi connectivity index (χ3n) is 20.7. The number of fused-ring (bicyclic) bond motifs is 9. The van der Waals surface area contributed by atoms with E-state index in [-0.39, 0.29) is 21.7 Å². The summed E-state index contributed by atoms with van der Waals surface area (Å²) in [4.78, 5) is 39.1. The number of nitrogens with two attached hydrogens (primary N) is 2. The maximum absolute atomic E-state index is 8.78. The average Bonchev–Trinajstić information content (AvgIpc) is 1.62. The fourth-order valence-electron chi connectivity index (χ4n) is 13.7. The van der Waals surface area contributed by atoms with Crippen molar-refractivity contribution in [2.24, 2.45) is 40.0 Å². The first-order valence-electron chi connectivity index (χ1n) is 40.7. The van der Waals surface area contributed by atoms with Crippen molar-refractivity contribution in [1.29, 1.82) is 5.26 Å². The Morgan fingerprint density at radius 1 is 0.568 bits per heavy atom. The molecular weight excluding hydrogens is 1620 g/mol. The number of aromatic amines is 1. The molecule has 0 spiro atoms. The topological polar surface area (TPSA) is 432 Å². The standard InChI is InChI=1S/C17H21N3O2.C12H13N9.C11H15N3.C11H13N3.C10H9N5.C10H12N4.C9H16N4Si.C6H8N4S/c1-17(2,3)14-9-11-10-18-16(20(11)19-14)15-12(21-4)7-6-8-13(15)22-5;1-5-9(11-16-14-7(3)20(11)18-5)13-10-6(2)19-21-8(4)15-17-12(10)21;2*1-5-10-12-7-8-6-9(11(2,3)4)13-14(8)10;1-7-5-8-6-13-10(15(8)14-7)9-11-3-2-4-12-9;1-10(2,3)8-4-7-6-12-9(5-11)14(7)13-8;1-6-8(10)7-5-11-9(13(7)12-6)14(2,3)4;1-3-5(7)4-2-8-6(11)10(4)9-3/h6-9H,10H2,1-5H3;18H,1-4H3;5-6H,1,7H2,2-4H3;1,6H,7H2,2-4H3;2-5H,6H2,1H3;4H,6H2,1-3H3;5,10H2,1-4H3;2,7H2,1H3,(H,8,11). The number of nitriles is 1. The molecule has 19 heterocycles. The lowest BCUT2D eigenvalue weighted by Gasteiger charge is -2.16. The number of benzene rings is 1. The predicted octanol–water partition coefficient (Wildman–Crippen LogP) is 11.3. The zero-order chi connectivity index (χ0) is 90.4. The van der Waals surface area contributed by atoms with Gasteiger partial charge in [0.15, 0.2) is 28.4 Å². The minimum atomic E-state index is -1.39. The van der Waals surface area contributed by atoms with Crippen LogP contribution in [-0.2, 0) is 67.5 Å². The van der Waals surface area contributed by atoms with Crippen LogP contribution in [0.2, 0.25) is 19.6 Å². The van der Waals surface area contributed by atoms with Crippen molar-refractivity contribution in [3.8, 4) is 29.9 Å². The lowest BCUT2D eigenvalue weighted by molar-refractivity contribution is 0.392. The molecule has 20 rings (SSSR count). The number of anilines is 2. The number of rotatable bonds is 7. The highest BCUT2D eigenvalue weighted by Gasteiger charge is 2.34. The highest BCUT2D eigenvalue weighted by molar-refractivity contribution is 7.80. The van der Waals surface area contributed by atoms with E-state index < -0.39 is 8.07 Å². The third-order valence-corrected chi connectivity index (χ3v) is 22.7. The molecule has 0 radical (unpaired) electrons. The number of ether oxygens (including phenoxy) is 2. The van der Waals surface area contributed by atoms with Gasteiger partial charge < -0.3 is 26.3 Å². The predicted molar refractivity (Wildman–Crippen MR) is 492 cm³/mol. The number of nitrogens with one attached hydrogen (secondary N) is 2. The molecule has 37 nitrogen and oxygen atoms in total. The minimum absolute atomic E-state index is 0.00725. The van der Waals surface area contributed by atoms with Gasteiger partial charge in [-0.2, -0.15) is 50.7 Å². The van der Waals surface area contributed by atoms with E-state index in [9.17, 15) is 0 Å². The van der Waals surface area contributed by atoms with Gasteiger partial charge in [0.2, 0.25) is 23.1 Å². The number of aromatic nitrogens is 23. The van der Waals surface area contributed by atoms with E-state index in [2.05, 4.69) is 240 Å². The van der Waals surface area contributed by atoms with Crippen LogP contribution in [0.25, 0.3) is 5.65 Å². The van der Waals surface area contributed by atoms with Gasteiger partial charge in [-0.3, -0.25) is 35.1 Å². The Bertz CT molecular complexity index is 6430. The number of nitrogens with zero attached hydrogens (tertiary/aromatic N) is 31. The van der Waals surface area contributed by atoms with Crippen LogP contribution in [0.4, 0.5) is 17.1 Å². The third kappa shape index (κ3) is 18.3. The second-order valence-electron chi connectivity index (χ2n) is 35.5. The summed E-state index contributed by atoms with van der Waals surface area (Å²) in [6.07, 6.45) is 10.5. The monoisotopic (exact) mass is 1720 g/mol. The Hall–Kier alpha value is -14.0. The van der Waals surface area contributed by atoms with Crippen LogP contribution in [0.5, 0.6) is 11.5 Å².